The number of aromatic hydroxyl groups is 2. The van der Waals surface area contributed by atoms with Gasteiger partial charge in [0, 0.05) is 0 Å². The molecule has 2 aromatic carbocycles. The molecule has 0 radical (unpaired) electrons. The normalized spacial score (nSPS) is 8.63. The van der Waals surface area contributed by atoms with E-state index in [1.807, 2.05) is 50.2 Å². The lowest BCUT2D eigenvalue weighted by molar-refractivity contribution is 0.470. The lowest BCUT2D eigenvalue weighted by Gasteiger charge is -1.92. The molecule has 2 N–H and O–H groups in total. The van der Waals surface area contributed by atoms with E-state index in [0.717, 1.165) is 11.1 Å². The van der Waals surface area contributed by atoms with Gasteiger partial charge in [-0.3, -0.25) is 0 Å². The summed E-state index contributed by atoms with van der Waals surface area (Å²) in [6, 6.07) is 14.5. The quantitative estimate of drug-likeness (QED) is 0.713. The van der Waals surface area contributed by atoms with Crippen LogP contribution in [0.4, 0.5) is 0 Å². The van der Waals surface area contributed by atoms with Gasteiger partial charge in [0.15, 0.2) is 0 Å². The van der Waals surface area contributed by atoms with Gasteiger partial charge < -0.3 is 10.2 Å². The van der Waals surface area contributed by atoms with Gasteiger partial charge in [-0.05, 0) is 37.1 Å². The first-order valence-electron chi connectivity index (χ1n) is 6.52. The Labute approximate surface area is 116 Å². The van der Waals surface area contributed by atoms with Crippen molar-refractivity contribution in [1.29, 1.82) is 0 Å². The van der Waals surface area contributed by atoms with Crippen LogP contribution >= 0.6 is 0 Å². The van der Waals surface area contributed by atoms with E-state index >= 15 is 0 Å². The van der Waals surface area contributed by atoms with E-state index in [9.17, 15) is 0 Å². The summed E-state index contributed by atoms with van der Waals surface area (Å²) in [4.78, 5) is 0. The van der Waals surface area contributed by atoms with Crippen LogP contribution in [-0.2, 0) is 0 Å². The molecule has 0 amide bonds. The number of aryl methyl sites for hydroxylation is 2. The van der Waals surface area contributed by atoms with Crippen LogP contribution in [0.25, 0.3) is 0 Å². The molecule has 2 rings (SSSR count). The third-order valence-corrected chi connectivity index (χ3v) is 2.23. The first-order chi connectivity index (χ1) is 9.02. The monoisotopic (exact) mass is 260 g/mol. The first-order valence-corrected chi connectivity index (χ1v) is 6.52. The zero-order valence-corrected chi connectivity index (χ0v) is 12.2. The van der Waals surface area contributed by atoms with Crippen LogP contribution in [0.5, 0.6) is 11.5 Å². The second-order valence-electron chi connectivity index (χ2n) is 4.28. The van der Waals surface area contributed by atoms with Crippen LogP contribution in [0, 0.1) is 13.8 Å². The lowest BCUT2D eigenvalue weighted by Crippen LogP contribution is -1.68. The number of phenols is 2. The Morgan fingerprint density at radius 3 is 1.11 bits per heavy atom. The molecule has 0 aromatic heterocycles. The van der Waals surface area contributed by atoms with E-state index in [4.69, 9.17) is 10.2 Å². The smallest absolute Gasteiger partial charge is 0.118 e. The van der Waals surface area contributed by atoms with Crippen molar-refractivity contribution in [2.45, 2.75) is 34.1 Å². The Morgan fingerprint density at radius 2 is 0.947 bits per heavy atom. The van der Waals surface area contributed by atoms with Crippen molar-refractivity contribution in [3.63, 3.8) is 0 Å². The second kappa shape index (κ2) is 10.0. The maximum atomic E-state index is 8.92. The Hall–Kier alpha value is -1.96. The van der Waals surface area contributed by atoms with Crippen molar-refractivity contribution in [2.75, 3.05) is 0 Å². The molecular formula is C17H24O2. The predicted octanol–water partition coefficient (Wildman–Crippen LogP) is 4.82. The standard InChI is InChI=1S/2C7H8O.C3H8/c2*1-6-4-2-3-5-7(6)8;1-3-2/h2*2-5,8H,1H3;3H2,1-2H3. The van der Waals surface area contributed by atoms with Crippen molar-refractivity contribution in [2.24, 2.45) is 0 Å². The number of rotatable bonds is 0. The van der Waals surface area contributed by atoms with Gasteiger partial charge in [0.1, 0.15) is 11.5 Å². The number of benzene rings is 2. The first kappa shape index (κ1) is 17.0. The maximum absolute atomic E-state index is 8.92. The van der Waals surface area contributed by atoms with Crippen LogP contribution in [0.15, 0.2) is 48.5 Å². The number of phenolic OH excluding ortho intramolecular Hbond substituents is 2. The minimum Gasteiger partial charge on any atom is -0.508 e. The third-order valence-electron chi connectivity index (χ3n) is 2.23. The molecule has 0 saturated carbocycles. The molecule has 19 heavy (non-hydrogen) atoms. The summed E-state index contributed by atoms with van der Waals surface area (Å²) >= 11 is 0. The Kier molecular flexibility index (Phi) is 8.98. The van der Waals surface area contributed by atoms with Crippen molar-refractivity contribution < 1.29 is 10.2 Å². The number of hydrogen-bond donors (Lipinski definition) is 2. The van der Waals surface area contributed by atoms with E-state index in [1.165, 1.54) is 6.42 Å². The summed E-state index contributed by atoms with van der Waals surface area (Å²) in [6.45, 7) is 7.99. The summed E-state index contributed by atoms with van der Waals surface area (Å²) < 4.78 is 0. The highest BCUT2D eigenvalue weighted by Crippen LogP contribution is 2.12. The molecule has 0 heterocycles. The Morgan fingerprint density at radius 1 is 0.684 bits per heavy atom. The van der Waals surface area contributed by atoms with Crippen molar-refractivity contribution in [3.8, 4) is 11.5 Å². The maximum Gasteiger partial charge on any atom is 0.118 e. The molecule has 0 saturated heterocycles. The summed E-state index contributed by atoms with van der Waals surface area (Å²) in [5.74, 6) is 0.736. The third kappa shape index (κ3) is 7.87. The minimum atomic E-state index is 0.368. The Bertz CT molecular complexity index is 379. The van der Waals surface area contributed by atoms with Crippen LogP contribution in [-0.4, -0.2) is 10.2 Å². The van der Waals surface area contributed by atoms with Gasteiger partial charge in [0.2, 0.25) is 0 Å². The number of hydrogen-bond acceptors (Lipinski definition) is 2. The molecule has 0 fully saturated rings. The predicted molar refractivity (Wildman–Crippen MR) is 81.7 cm³/mol. The minimum absolute atomic E-state index is 0.368. The van der Waals surface area contributed by atoms with Crippen LogP contribution < -0.4 is 0 Å². The molecule has 0 spiro atoms. The number of para-hydroxylation sites is 2. The van der Waals surface area contributed by atoms with E-state index in [1.54, 1.807) is 12.1 Å². The van der Waals surface area contributed by atoms with Gasteiger partial charge in [0.25, 0.3) is 0 Å². The zero-order chi connectivity index (χ0) is 14.7. The van der Waals surface area contributed by atoms with Gasteiger partial charge in [-0.2, -0.15) is 0 Å². The molecule has 2 heteroatoms. The molecule has 0 aliphatic heterocycles. The van der Waals surface area contributed by atoms with Crippen molar-refractivity contribution in [1.82, 2.24) is 0 Å². The highest BCUT2D eigenvalue weighted by molar-refractivity contribution is 5.30. The SMILES string of the molecule is CCC.Cc1ccccc1O.Cc1ccccc1O. The van der Waals surface area contributed by atoms with E-state index in [-0.39, 0.29) is 0 Å². The Balaban J connectivity index is 0.000000284. The van der Waals surface area contributed by atoms with Crippen LogP contribution in [0.3, 0.4) is 0 Å². The average molecular weight is 260 g/mol. The van der Waals surface area contributed by atoms with Gasteiger partial charge >= 0.3 is 0 Å². The van der Waals surface area contributed by atoms with E-state index in [0.29, 0.717) is 11.5 Å². The molecule has 0 aliphatic carbocycles. The van der Waals surface area contributed by atoms with Crippen molar-refractivity contribution >= 4 is 0 Å². The van der Waals surface area contributed by atoms with Crippen LogP contribution in [0.1, 0.15) is 31.4 Å². The highest BCUT2D eigenvalue weighted by atomic mass is 16.3. The highest BCUT2D eigenvalue weighted by Gasteiger charge is 1.87. The molecule has 0 atom stereocenters. The van der Waals surface area contributed by atoms with E-state index < -0.39 is 0 Å². The van der Waals surface area contributed by atoms with Gasteiger partial charge in [-0.15, -0.1) is 0 Å². The lowest BCUT2D eigenvalue weighted by atomic mass is 10.2. The molecular weight excluding hydrogens is 236 g/mol. The zero-order valence-electron chi connectivity index (χ0n) is 12.2. The molecule has 0 unspecified atom stereocenters. The molecule has 104 valence electrons. The average Bonchev–Trinajstić information content (AvgIpc) is 2.38. The molecule has 0 bridgehead atoms. The fraction of sp³-hybridized carbons (Fsp3) is 0.294. The molecule has 2 aromatic rings. The second-order valence-corrected chi connectivity index (χ2v) is 4.28. The molecule has 0 aliphatic rings. The summed E-state index contributed by atoms with van der Waals surface area (Å²) in [5.41, 5.74) is 1.85. The van der Waals surface area contributed by atoms with Crippen LogP contribution in [0.2, 0.25) is 0 Å². The fourth-order valence-electron chi connectivity index (χ4n) is 1.13. The largest absolute Gasteiger partial charge is 0.508 e. The topological polar surface area (TPSA) is 40.5 Å². The summed E-state index contributed by atoms with van der Waals surface area (Å²) in [5, 5.41) is 17.8. The van der Waals surface area contributed by atoms with Gasteiger partial charge in [-0.1, -0.05) is 56.7 Å². The fourth-order valence-corrected chi connectivity index (χ4v) is 1.13. The van der Waals surface area contributed by atoms with E-state index in [2.05, 4.69) is 13.8 Å². The van der Waals surface area contributed by atoms with Gasteiger partial charge in [-0.25, -0.2) is 0 Å². The summed E-state index contributed by atoms with van der Waals surface area (Å²) in [7, 11) is 0. The summed E-state index contributed by atoms with van der Waals surface area (Å²) in [6.07, 6.45) is 1.25. The van der Waals surface area contributed by atoms with Crippen molar-refractivity contribution in [3.05, 3.63) is 59.7 Å². The molecule has 2 nitrogen and oxygen atoms in total. The van der Waals surface area contributed by atoms with Gasteiger partial charge in [0.05, 0.1) is 0 Å².